The highest BCUT2D eigenvalue weighted by Gasteiger charge is 2.30. The van der Waals surface area contributed by atoms with Crippen molar-refractivity contribution in [2.75, 3.05) is 0 Å². The highest BCUT2D eigenvalue weighted by Crippen LogP contribution is 2.32. The molecule has 0 bridgehead atoms. The maximum atomic E-state index is 4.36. The first-order chi connectivity index (χ1) is 7.18. The molecule has 1 saturated carbocycles. The highest BCUT2D eigenvalue weighted by molar-refractivity contribution is 7.09. The van der Waals surface area contributed by atoms with Crippen molar-refractivity contribution in [3.05, 3.63) is 16.6 Å². The summed E-state index contributed by atoms with van der Waals surface area (Å²) in [5.74, 6) is 1.67. The van der Waals surface area contributed by atoms with Crippen molar-refractivity contribution < 1.29 is 0 Å². The molecule has 4 unspecified atom stereocenters. The van der Waals surface area contributed by atoms with E-state index in [9.17, 15) is 0 Å². The van der Waals surface area contributed by atoms with E-state index in [0.29, 0.717) is 12.1 Å². The third-order valence-corrected chi connectivity index (χ3v) is 4.71. The van der Waals surface area contributed by atoms with Crippen LogP contribution in [-0.4, -0.2) is 11.0 Å². The molecule has 1 aliphatic carbocycles. The van der Waals surface area contributed by atoms with Gasteiger partial charge in [0.15, 0.2) is 0 Å². The number of thiazole rings is 1. The largest absolute Gasteiger partial charge is 0.305 e. The second-order valence-electron chi connectivity index (χ2n) is 4.78. The first-order valence-electron chi connectivity index (χ1n) is 5.84. The summed E-state index contributed by atoms with van der Waals surface area (Å²) in [6.45, 7) is 6.94. The number of hydrogen-bond acceptors (Lipinski definition) is 3. The molecular formula is C12H20N2S. The molecule has 1 aromatic heterocycles. The maximum absolute atomic E-state index is 4.36. The first-order valence-corrected chi connectivity index (χ1v) is 6.72. The molecule has 1 N–H and O–H groups in total. The summed E-state index contributed by atoms with van der Waals surface area (Å²) in [5.41, 5.74) is 0. The van der Waals surface area contributed by atoms with Gasteiger partial charge in [-0.25, -0.2) is 4.98 Å². The molecule has 0 amide bonds. The summed E-state index contributed by atoms with van der Waals surface area (Å²) in [5, 5.41) is 6.97. The molecule has 1 fully saturated rings. The minimum atomic E-state index is 0.405. The molecule has 0 saturated heterocycles. The van der Waals surface area contributed by atoms with Gasteiger partial charge in [-0.15, -0.1) is 11.3 Å². The van der Waals surface area contributed by atoms with Gasteiger partial charge >= 0.3 is 0 Å². The van der Waals surface area contributed by atoms with Gasteiger partial charge in [0.25, 0.3) is 0 Å². The van der Waals surface area contributed by atoms with Crippen LogP contribution >= 0.6 is 11.3 Å². The van der Waals surface area contributed by atoms with Gasteiger partial charge in [0.2, 0.25) is 0 Å². The minimum Gasteiger partial charge on any atom is -0.305 e. The van der Waals surface area contributed by atoms with Crippen LogP contribution in [0.4, 0.5) is 0 Å². The molecule has 15 heavy (non-hydrogen) atoms. The van der Waals surface area contributed by atoms with E-state index >= 15 is 0 Å². The van der Waals surface area contributed by atoms with Gasteiger partial charge in [0.05, 0.1) is 6.04 Å². The second-order valence-corrected chi connectivity index (χ2v) is 5.71. The van der Waals surface area contributed by atoms with Crippen LogP contribution in [0.3, 0.4) is 0 Å². The Labute approximate surface area is 96.1 Å². The van der Waals surface area contributed by atoms with Crippen LogP contribution in [0.15, 0.2) is 11.6 Å². The molecule has 0 aliphatic heterocycles. The number of hydrogen-bond donors (Lipinski definition) is 1. The van der Waals surface area contributed by atoms with Crippen LogP contribution in [0.25, 0.3) is 0 Å². The molecule has 3 heteroatoms. The summed E-state index contributed by atoms with van der Waals surface area (Å²) < 4.78 is 0. The van der Waals surface area contributed by atoms with Crippen LogP contribution in [0.1, 0.15) is 44.7 Å². The molecule has 0 spiro atoms. The Hall–Kier alpha value is -0.410. The summed E-state index contributed by atoms with van der Waals surface area (Å²) in [4.78, 5) is 4.36. The van der Waals surface area contributed by atoms with E-state index in [-0.39, 0.29) is 0 Å². The molecule has 0 aromatic carbocycles. The molecule has 1 aliphatic rings. The number of rotatable bonds is 3. The van der Waals surface area contributed by atoms with Crippen molar-refractivity contribution >= 4 is 11.3 Å². The normalized spacial score (nSPS) is 33.1. The lowest BCUT2D eigenvalue weighted by Crippen LogP contribution is -2.34. The van der Waals surface area contributed by atoms with Crippen LogP contribution < -0.4 is 5.32 Å². The zero-order valence-electron chi connectivity index (χ0n) is 9.73. The van der Waals surface area contributed by atoms with E-state index < -0.39 is 0 Å². The van der Waals surface area contributed by atoms with Crippen LogP contribution in [0.2, 0.25) is 0 Å². The fourth-order valence-corrected chi connectivity index (χ4v) is 3.10. The summed E-state index contributed by atoms with van der Waals surface area (Å²) in [6, 6.07) is 1.08. The van der Waals surface area contributed by atoms with Crippen LogP contribution in [-0.2, 0) is 0 Å². The maximum Gasteiger partial charge on any atom is 0.109 e. The molecular weight excluding hydrogens is 204 g/mol. The number of aromatic nitrogens is 1. The monoisotopic (exact) mass is 224 g/mol. The Bertz CT molecular complexity index is 297. The molecule has 84 valence electrons. The van der Waals surface area contributed by atoms with Crippen LogP contribution in [0, 0.1) is 11.8 Å². The van der Waals surface area contributed by atoms with Crippen molar-refractivity contribution in [3.63, 3.8) is 0 Å². The number of nitrogens with one attached hydrogen (secondary N) is 1. The third-order valence-electron chi connectivity index (χ3n) is 3.75. The molecule has 4 atom stereocenters. The number of nitrogens with zero attached hydrogens (tertiary/aromatic N) is 1. The van der Waals surface area contributed by atoms with Crippen molar-refractivity contribution in [2.24, 2.45) is 11.8 Å². The van der Waals surface area contributed by atoms with Gasteiger partial charge < -0.3 is 5.32 Å². The zero-order chi connectivity index (χ0) is 10.8. The Morgan fingerprint density at radius 1 is 1.47 bits per heavy atom. The summed E-state index contributed by atoms with van der Waals surface area (Å²) in [6.07, 6.45) is 4.57. The van der Waals surface area contributed by atoms with Gasteiger partial charge in [-0.1, -0.05) is 13.8 Å². The van der Waals surface area contributed by atoms with Crippen LogP contribution in [0.5, 0.6) is 0 Å². The molecule has 2 nitrogen and oxygen atoms in total. The van der Waals surface area contributed by atoms with Crippen molar-refractivity contribution in [1.82, 2.24) is 10.3 Å². The Morgan fingerprint density at radius 3 is 2.80 bits per heavy atom. The Kier molecular flexibility index (Phi) is 3.42. The van der Waals surface area contributed by atoms with Gasteiger partial charge in [-0.3, -0.25) is 0 Å². The SMILES string of the molecule is CC(NC1CCC(C)C1C)c1nccs1. The lowest BCUT2D eigenvalue weighted by Gasteiger charge is -2.23. The van der Waals surface area contributed by atoms with Gasteiger partial charge in [-0.05, 0) is 31.6 Å². The zero-order valence-corrected chi connectivity index (χ0v) is 10.6. The third kappa shape index (κ3) is 2.40. The van der Waals surface area contributed by atoms with Gasteiger partial charge in [-0.2, -0.15) is 0 Å². The average Bonchev–Trinajstić information content (AvgIpc) is 2.83. The predicted octanol–water partition coefficient (Wildman–Crippen LogP) is 3.23. The van der Waals surface area contributed by atoms with Gasteiger partial charge in [0.1, 0.15) is 5.01 Å². The Balaban J connectivity index is 1.92. The smallest absolute Gasteiger partial charge is 0.109 e. The fraction of sp³-hybridized carbons (Fsp3) is 0.750. The van der Waals surface area contributed by atoms with Crippen molar-refractivity contribution in [2.45, 2.75) is 45.7 Å². The van der Waals surface area contributed by atoms with E-state index in [0.717, 1.165) is 11.8 Å². The van der Waals surface area contributed by atoms with E-state index in [2.05, 4.69) is 31.1 Å². The van der Waals surface area contributed by atoms with E-state index in [1.165, 1.54) is 17.8 Å². The standard InChI is InChI=1S/C12H20N2S/c1-8-4-5-11(9(8)2)14-10(3)12-13-6-7-15-12/h6-11,14H,4-5H2,1-3H3. The second kappa shape index (κ2) is 4.62. The topological polar surface area (TPSA) is 24.9 Å². The average molecular weight is 224 g/mol. The Morgan fingerprint density at radius 2 is 2.27 bits per heavy atom. The van der Waals surface area contributed by atoms with Gasteiger partial charge in [0, 0.05) is 17.6 Å². The molecule has 1 aromatic rings. The summed E-state index contributed by atoms with van der Waals surface area (Å²) in [7, 11) is 0. The lowest BCUT2D eigenvalue weighted by atomic mass is 9.97. The van der Waals surface area contributed by atoms with E-state index in [1.54, 1.807) is 11.3 Å². The highest BCUT2D eigenvalue weighted by atomic mass is 32.1. The lowest BCUT2D eigenvalue weighted by molar-refractivity contribution is 0.347. The first kappa shape index (κ1) is 11.1. The summed E-state index contributed by atoms with van der Waals surface area (Å²) >= 11 is 1.74. The fourth-order valence-electron chi connectivity index (χ4n) is 2.44. The van der Waals surface area contributed by atoms with E-state index in [4.69, 9.17) is 0 Å². The molecule has 0 radical (unpaired) electrons. The van der Waals surface area contributed by atoms with Crippen molar-refractivity contribution in [1.29, 1.82) is 0 Å². The quantitative estimate of drug-likeness (QED) is 0.852. The van der Waals surface area contributed by atoms with Crippen molar-refractivity contribution in [3.8, 4) is 0 Å². The molecule has 1 heterocycles. The van der Waals surface area contributed by atoms with E-state index in [1.807, 2.05) is 11.6 Å². The minimum absolute atomic E-state index is 0.405. The predicted molar refractivity (Wildman–Crippen MR) is 65.0 cm³/mol. The molecule has 2 rings (SSSR count).